The van der Waals surface area contributed by atoms with Gasteiger partial charge in [-0.2, -0.15) is 0 Å². The predicted molar refractivity (Wildman–Crippen MR) is 130 cm³/mol. The molecule has 0 aromatic heterocycles. The topological polar surface area (TPSA) is 21.8 Å². The Morgan fingerprint density at radius 1 is 1.03 bits per heavy atom. The number of ether oxygens (including phenoxy) is 2. The van der Waals surface area contributed by atoms with Gasteiger partial charge in [0.05, 0.1) is 12.4 Å². The number of benzene rings is 1. The van der Waals surface area contributed by atoms with Gasteiger partial charge >= 0.3 is 0 Å². The van der Waals surface area contributed by atoms with E-state index in [9.17, 15) is 0 Å². The standard InChI is InChI=1S/C16H20O2.C5H12.C4H10.C2H6/c1-13(10-15-6-4-3-5-7-15)8-9-14(2)17-11-16-12-18-16;1-5(2,3)4;1-4(2)3;1-2/h3-9,16H,10-12H2,1-2H3;1-4H3;4H,1-3H3;1-2H3/b13-8+,14-9+;;;. The second-order valence-electron chi connectivity index (χ2n) is 9.45. The maximum absolute atomic E-state index is 5.56. The van der Waals surface area contributed by atoms with Gasteiger partial charge in [0.1, 0.15) is 12.7 Å². The molecule has 1 fully saturated rings. The van der Waals surface area contributed by atoms with Crippen LogP contribution >= 0.6 is 0 Å². The van der Waals surface area contributed by atoms with Crippen molar-refractivity contribution in [3.63, 3.8) is 0 Å². The van der Waals surface area contributed by atoms with Crippen molar-refractivity contribution >= 4 is 0 Å². The normalized spacial score (nSPS) is 15.8. The Balaban J connectivity index is 0. The van der Waals surface area contributed by atoms with Crippen molar-refractivity contribution in [3.05, 3.63) is 59.4 Å². The van der Waals surface area contributed by atoms with Gasteiger partial charge in [-0.05, 0) is 43.2 Å². The van der Waals surface area contributed by atoms with Crippen LogP contribution in [0.2, 0.25) is 0 Å². The van der Waals surface area contributed by atoms with E-state index in [-0.39, 0.29) is 0 Å². The summed E-state index contributed by atoms with van der Waals surface area (Å²) in [4.78, 5) is 0. The third-order valence-corrected chi connectivity index (χ3v) is 2.83. The lowest BCUT2D eigenvalue weighted by Crippen LogP contribution is -1.99. The summed E-state index contributed by atoms with van der Waals surface area (Å²) in [5, 5.41) is 0. The summed E-state index contributed by atoms with van der Waals surface area (Å²) in [6.45, 7) is 24.9. The van der Waals surface area contributed by atoms with Gasteiger partial charge in [-0.25, -0.2) is 0 Å². The van der Waals surface area contributed by atoms with E-state index in [1.165, 1.54) is 11.1 Å². The Hall–Kier alpha value is -1.54. The van der Waals surface area contributed by atoms with E-state index in [1.54, 1.807) is 0 Å². The fraction of sp³-hybridized carbons (Fsp3) is 0.630. The molecule has 0 N–H and O–H groups in total. The Labute approximate surface area is 182 Å². The largest absolute Gasteiger partial charge is 0.495 e. The van der Waals surface area contributed by atoms with Crippen LogP contribution in [0.4, 0.5) is 0 Å². The monoisotopic (exact) mass is 404 g/mol. The predicted octanol–water partition coefficient (Wildman–Crippen LogP) is 8.24. The first kappa shape index (κ1) is 29.7. The van der Waals surface area contributed by atoms with Crippen molar-refractivity contribution in [2.75, 3.05) is 13.2 Å². The smallest absolute Gasteiger partial charge is 0.116 e. The van der Waals surface area contributed by atoms with Gasteiger partial charge in [0.25, 0.3) is 0 Å². The fourth-order valence-corrected chi connectivity index (χ4v) is 1.67. The van der Waals surface area contributed by atoms with E-state index in [1.807, 2.05) is 32.9 Å². The van der Waals surface area contributed by atoms with E-state index in [2.05, 4.69) is 85.7 Å². The second kappa shape index (κ2) is 17.3. The van der Waals surface area contributed by atoms with E-state index in [0.29, 0.717) is 18.1 Å². The summed E-state index contributed by atoms with van der Waals surface area (Å²) < 4.78 is 10.7. The summed E-state index contributed by atoms with van der Waals surface area (Å²) >= 11 is 0. The highest BCUT2D eigenvalue weighted by atomic mass is 16.6. The molecule has 1 aromatic rings. The average Bonchev–Trinajstić information content (AvgIpc) is 3.43. The molecule has 0 radical (unpaired) electrons. The molecule has 1 heterocycles. The molecule has 1 aromatic carbocycles. The molecule has 2 rings (SSSR count). The first-order valence-electron chi connectivity index (χ1n) is 11.1. The van der Waals surface area contributed by atoms with Crippen LogP contribution in [0.25, 0.3) is 0 Å². The van der Waals surface area contributed by atoms with E-state index >= 15 is 0 Å². The Morgan fingerprint density at radius 3 is 1.90 bits per heavy atom. The Kier molecular flexibility index (Phi) is 17.7. The number of hydrogen-bond acceptors (Lipinski definition) is 2. The van der Waals surface area contributed by atoms with Crippen LogP contribution in [0, 0.1) is 11.3 Å². The van der Waals surface area contributed by atoms with Crippen molar-refractivity contribution in [2.45, 2.75) is 88.7 Å². The van der Waals surface area contributed by atoms with Gasteiger partial charge < -0.3 is 9.47 Å². The van der Waals surface area contributed by atoms with Gasteiger partial charge in [0.2, 0.25) is 0 Å². The summed E-state index contributed by atoms with van der Waals surface area (Å²) in [6.07, 6.45) is 5.45. The Morgan fingerprint density at radius 2 is 1.48 bits per heavy atom. The molecule has 0 spiro atoms. The number of epoxide rings is 1. The zero-order chi connectivity index (χ0) is 22.9. The van der Waals surface area contributed by atoms with Crippen molar-refractivity contribution in [1.82, 2.24) is 0 Å². The van der Waals surface area contributed by atoms with Gasteiger partial charge in [0, 0.05) is 0 Å². The van der Waals surface area contributed by atoms with Gasteiger partial charge in [-0.15, -0.1) is 0 Å². The summed E-state index contributed by atoms with van der Waals surface area (Å²) in [5.74, 6) is 1.78. The molecule has 0 aliphatic carbocycles. The highest BCUT2D eigenvalue weighted by molar-refractivity contribution is 5.23. The van der Waals surface area contributed by atoms with Crippen molar-refractivity contribution in [1.29, 1.82) is 0 Å². The van der Waals surface area contributed by atoms with Crippen LogP contribution in [-0.4, -0.2) is 19.3 Å². The summed E-state index contributed by atoms with van der Waals surface area (Å²) in [7, 11) is 0. The van der Waals surface area contributed by atoms with E-state index in [4.69, 9.17) is 9.47 Å². The minimum absolute atomic E-state index is 0.322. The minimum Gasteiger partial charge on any atom is -0.495 e. The zero-order valence-corrected chi connectivity index (χ0v) is 21.1. The highest BCUT2D eigenvalue weighted by Gasteiger charge is 2.22. The van der Waals surface area contributed by atoms with Crippen molar-refractivity contribution in [2.24, 2.45) is 11.3 Å². The average molecular weight is 405 g/mol. The van der Waals surface area contributed by atoms with Crippen LogP contribution in [0.1, 0.15) is 81.7 Å². The van der Waals surface area contributed by atoms with Crippen LogP contribution in [-0.2, 0) is 15.9 Å². The number of hydrogen-bond donors (Lipinski definition) is 0. The first-order valence-corrected chi connectivity index (χ1v) is 11.1. The third kappa shape index (κ3) is 28.8. The molecule has 0 bridgehead atoms. The molecule has 1 aliphatic rings. The second-order valence-corrected chi connectivity index (χ2v) is 9.45. The molecule has 2 nitrogen and oxygen atoms in total. The van der Waals surface area contributed by atoms with Crippen LogP contribution in [0.3, 0.4) is 0 Å². The molecule has 1 aliphatic heterocycles. The van der Waals surface area contributed by atoms with Crippen molar-refractivity contribution in [3.8, 4) is 0 Å². The lowest BCUT2D eigenvalue weighted by molar-refractivity contribution is 0.185. The molecule has 0 amide bonds. The van der Waals surface area contributed by atoms with Crippen LogP contribution in [0.5, 0.6) is 0 Å². The fourth-order valence-electron chi connectivity index (χ4n) is 1.67. The quantitative estimate of drug-likeness (QED) is 0.270. The molecule has 168 valence electrons. The number of allylic oxidation sites excluding steroid dienone is 4. The van der Waals surface area contributed by atoms with Gasteiger partial charge in [-0.1, -0.05) is 104 Å². The molecule has 1 saturated heterocycles. The van der Waals surface area contributed by atoms with Gasteiger partial charge in [0.15, 0.2) is 0 Å². The zero-order valence-electron chi connectivity index (χ0n) is 21.1. The SMILES string of the molecule is C/C(=C\C=C(/C)OCC1CO1)Cc1ccccc1.CC.CC(C)(C)C.CC(C)C. The summed E-state index contributed by atoms with van der Waals surface area (Å²) in [6, 6.07) is 10.5. The minimum atomic E-state index is 0.322. The molecule has 1 atom stereocenters. The number of rotatable bonds is 6. The van der Waals surface area contributed by atoms with Crippen LogP contribution < -0.4 is 0 Å². The van der Waals surface area contributed by atoms with Crippen molar-refractivity contribution < 1.29 is 9.47 Å². The lowest BCUT2D eigenvalue weighted by Gasteiger charge is -2.05. The van der Waals surface area contributed by atoms with Gasteiger partial charge in [-0.3, -0.25) is 0 Å². The molecule has 0 saturated carbocycles. The maximum Gasteiger partial charge on any atom is 0.116 e. The lowest BCUT2D eigenvalue weighted by atomic mass is 10.0. The first-order chi connectivity index (χ1) is 13.5. The molecule has 1 unspecified atom stereocenters. The van der Waals surface area contributed by atoms with Crippen LogP contribution in [0.15, 0.2) is 53.8 Å². The molecule has 29 heavy (non-hydrogen) atoms. The molecular formula is C27H48O2. The molecule has 2 heteroatoms. The Bertz CT molecular complexity index is 535. The van der Waals surface area contributed by atoms with E-state index in [0.717, 1.165) is 24.7 Å². The molecular weight excluding hydrogens is 356 g/mol. The third-order valence-electron chi connectivity index (χ3n) is 2.83. The highest BCUT2D eigenvalue weighted by Crippen LogP contribution is 2.12. The summed E-state index contributed by atoms with van der Waals surface area (Å²) in [5.41, 5.74) is 3.16. The van der Waals surface area contributed by atoms with E-state index < -0.39 is 0 Å². The maximum atomic E-state index is 5.56.